The van der Waals surface area contributed by atoms with Gasteiger partial charge in [-0.25, -0.2) is 4.79 Å². The van der Waals surface area contributed by atoms with Crippen LogP contribution in [-0.4, -0.2) is 40.2 Å². The van der Waals surface area contributed by atoms with Crippen molar-refractivity contribution in [3.05, 3.63) is 46.5 Å². The largest absolute Gasteiger partial charge is 0.496 e. The van der Waals surface area contributed by atoms with Gasteiger partial charge in [0.15, 0.2) is 0 Å². The molecule has 0 amide bonds. The highest BCUT2D eigenvalue weighted by Gasteiger charge is 2.24. The molecule has 0 unspecified atom stereocenters. The van der Waals surface area contributed by atoms with Gasteiger partial charge in [0.1, 0.15) is 11.6 Å². The fourth-order valence-electron chi connectivity index (χ4n) is 3.81. The maximum atomic E-state index is 12.1. The summed E-state index contributed by atoms with van der Waals surface area (Å²) in [4.78, 5) is 18.4. The number of nitrogens with two attached hydrogens (primary N) is 2. The monoisotopic (exact) mass is 371 g/mol. The van der Waals surface area contributed by atoms with E-state index in [1.165, 1.54) is 4.57 Å². The topological polar surface area (TPSA) is 99.4 Å². The number of nitrogens with zero attached hydrogens (tertiary/aromatic N) is 3. The van der Waals surface area contributed by atoms with E-state index in [-0.39, 0.29) is 5.82 Å². The third-order valence-electron chi connectivity index (χ3n) is 5.41. The van der Waals surface area contributed by atoms with E-state index in [2.05, 4.69) is 16.8 Å². The molecule has 0 bridgehead atoms. The molecular weight excluding hydrogens is 342 g/mol. The van der Waals surface area contributed by atoms with Crippen LogP contribution in [0.3, 0.4) is 0 Å². The van der Waals surface area contributed by atoms with Gasteiger partial charge >= 0.3 is 5.69 Å². The van der Waals surface area contributed by atoms with Gasteiger partial charge in [0.25, 0.3) is 0 Å². The molecular formula is C20H29N5O2. The Bertz CT molecular complexity index is 827. The lowest BCUT2D eigenvalue weighted by Crippen LogP contribution is -2.40. The van der Waals surface area contributed by atoms with Crippen LogP contribution < -0.4 is 21.9 Å². The average molecular weight is 371 g/mol. The molecule has 1 saturated carbocycles. The lowest BCUT2D eigenvalue weighted by molar-refractivity contribution is 0.148. The summed E-state index contributed by atoms with van der Waals surface area (Å²) in [6, 6.07) is 8.33. The Morgan fingerprint density at radius 3 is 2.63 bits per heavy atom. The Kier molecular flexibility index (Phi) is 6.13. The van der Waals surface area contributed by atoms with E-state index in [0.29, 0.717) is 17.8 Å². The highest BCUT2D eigenvalue weighted by molar-refractivity contribution is 5.45. The van der Waals surface area contributed by atoms with Crippen LogP contribution in [-0.2, 0) is 6.54 Å². The molecule has 0 saturated heterocycles. The van der Waals surface area contributed by atoms with Gasteiger partial charge in [0.2, 0.25) is 0 Å². The van der Waals surface area contributed by atoms with Gasteiger partial charge in [-0.15, -0.1) is 0 Å². The summed E-state index contributed by atoms with van der Waals surface area (Å²) in [5, 5.41) is 0. The predicted molar refractivity (Wildman–Crippen MR) is 107 cm³/mol. The van der Waals surface area contributed by atoms with Gasteiger partial charge in [0, 0.05) is 36.5 Å². The van der Waals surface area contributed by atoms with Crippen LogP contribution in [0.1, 0.15) is 38.2 Å². The Morgan fingerprint density at radius 2 is 2.00 bits per heavy atom. The molecule has 27 heavy (non-hydrogen) atoms. The Morgan fingerprint density at radius 1 is 1.26 bits per heavy atom. The first-order valence-corrected chi connectivity index (χ1v) is 9.54. The van der Waals surface area contributed by atoms with Gasteiger partial charge in [-0.3, -0.25) is 9.47 Å². The molecule has 0 atom stereocenters. The minimum atomic E-state index is -0.404. The molecule has 1 aromatic carbocycles. The number of aromatic nitrogens is 2. The van der Waals surface area contributed by atoms with Crippen LogP contribution in [0.4, 0.5) is 5.82 Å². The van der Waals surface area contributed by atoms with E-state index in [9.17, 15) is 4.79 Å². The maximum absolute atomic E-state index is 12.1. The van der Waals surface area contributed by atoms with E-state index >= 15 is 0 Å². The van der Waals surface area contributed by atoms with Crippen molar-refractivity contribution in [1.29, 1.82) is 0 Å². The standard InChI is InChI=1S/C20H29N5O2/c1-3-24(16-8-5-15(21)6-9-16)13-14-4-7-17(12-18(14)27-2)25-11-10-19(22)23-20(25)26/h4,7,10-12,15-16H,3,5-6,8-9,13,21H2,1-2H3,(H2,22,23,26)/t15-,16-. The zero-order valence-corrected chi connectivity index (χ0v) is 16.1. The second-order valence-electron chi connectivity index (χ2n) is 7.13. The molecule has 7 heteroatoms. The van der Waals surface area contributed by atoms with E-state index in [4.69, 9.17) is 16.2 Å². The number of methoxy groups -OCH3 is 1. The molecule has 0 radical (unpaired) electrons. The average Bonchev–Trinajstić information content (AvgIpc) is 2.67. The van der Waals surface area contributed by atoms with Crippen molar-refractivity contribution in [2.45, 2.75) is 51.2 Å². The van der Waals surface area contributed by atoms with Crippen molar-refractivity contribution in [1.82, 2.24) is 14.5 Å². The van der Waals surface area contributed by atoms with E-state index in [1.54, 1.807) is 19.4 Å². The van der Waals surface area contributed by atoms with Crippen LogP contribution in [0, 0.1) is 0 Å². The summed E-state index contributed by atoms with van der Waals surface area (Å²) in [5.74, 6) is 0.979. The number of anilines is 1. The first-order valence-electron chi connectivity index (χ1n) is 9.54. The third kappa shape index (κ3) is 4.48. The fourth-order valence-corrected chi connectivity index (χ4v) is 3.81. The Labute approximate surface area is 159 Å². The van der Waals surface area contributed by atoms with E-state index in [0.717, 1.165) is 50.1 Å². The first-order chi connectivity index (χ1) is 13.0. The van der Waals surface area contributed by atoms with Crippen LogP contribution in [0.25, 0.3) is 5.69 Å². The SMILES string of the molecule is CCN(Cc1ccc(-n2ccc(N)nc2=O)cc1OC)[C@H]1CC[C@H](N)CC1. The number of nitrogen functional groups attached to an aromatic ring is 1. The number of ether oxygens (including phenoxy) is 1. The third-order valence-corrected chi connectivity index (χ3v) is 5.41. The minimum Gasteiger partial charge on any atom is -0.496 e. The molecule has 1 heterocycles. The van der Waals surface area contributed by atoms with Crippen molar-refractivity contribution in [2.24, 2.45) is 5.73 Å². The second-order valence-corrected chi connectivity index (χ2v) is 7.13. The van der Waals surface area contributed by atoms with Gasteiger partial charge in [0.05, 0.1) is 12.8 Å². The summed E-state index contributed by atoms with van der Waals surface area (Å²) in [6.07, 6.45) is 6.08. The molecule has 3 rings (SSSR count). The van der Waals surface area contributed by atoms with Crippen molar-refractivity contribution in [3.8, 4) is 11.4 Å². The number of rotatable bonds is 6. The van der Waals surface area contributed by atoms with Crippen LogP contribution in [0.15, 0.2) is 35.3 Å². The lowest BCUT2D eigenvalue weighted by Gasteiger charge is -2.35. The molecule has 7 nitrogen and oxygen atoms in total. The lowest BCUT2D eigenvalue weighted by atomic mass is 9.90. The molecule has 1 aromatic heterocycles. The smallest absolute Gasteiger partial charge is 0.354 e. The molecule has 2 aromatic rings. The summed E-state index contributed by atoms with van der Waals surface area (Å²) in [6.45, 7) is 3.98. The van der Waals surface area contributed by atoms with Crippen molar-refractivity contribution < 1.29 is 4.74 Å². The van der Waals surface area contributed by atoms with Crippen LogP contribution in [0.2, 0.25) is 0 Å². The second kappa shape index (κ2) is 8.54. The van der Waals surface area contributed by atoms with Crippen LogP contribution in [0.5, 0.6) is 5.75 Å². The zero-order chi connectivity index (χ0) is 19.4. The van der Waals surface area contributed by atoms with Gasteiger partial charge in [-0.1, -0.05) is 13.0 Å². The van der Waals surface area contributed by atoms with E-state index in [1.807, 2.05) is 18.2 Å². The summed E-state index contributed by atoms with van der Waals surface area (Å²) in [7, 11) is 1.66. The van der Waals surface area contributed by atoms with Crippen molar-refractivity contribution >= 4 is 5.82 Å². The first kappa shape index (κ1) is 19.4. The normalized spacial score (nSPS) is 20.0. The quantitative estimate of drug-likeness (QED) is 0.805. The summed E-state index contributed by atoms with van der Waals surface area (Å²) in [5.41, 5.74) is 13.0. The van der Waals surface area contributed by atoms with Gasteiger partial charge < -0.3 is 16.2 Å². The fraction of sp³-hybridized carbons (Fsp3) is 0.500. The zero-order valence-electron chi connectivity index (χ0n) is 16.1. The molecule has 146 valence electrons. The molecule has 1 fully saturated rings. The summed E-state index contributed by atoms with van der Waals surface area (Å²) < 4.78 is 7.07. The number of benzene rings is 1. The Balaban J connectivity index is 1.82. The number of hydrogen-bond donors (Lipinski definition) is 2. The minimum absolute atomic E-state index is 0.214. The summed E-state index contributed by atoms with van der Waals surface area (Å²) >= 11 is 0. The predicted octanol–water partition coefficient (Wildman–Crippen LogP) is 1.92. The molecule has 4 N–H and O–H groups in total. The molecule has 1 aliphatic carbocycles. The Hall–Kier alpha value is -2.38. The van der Waals surface area contributed by atoms with Gasteiger partial charge in [-0.2, -0.15) is 4.98 Å². The molecule has 0 aliphatic heterocycles. The van der Waals surface area contributed by atoms with Crippen LogP contribution >= 0.6 is 0 Å². The highest BCUT2D eigenvalue weighted by atomic mass is 16.5. The van der Waals surface area contributed by atoms with Gasteiger partial charge in [-0.05, 0) is 44.4 Å². The van der Waals surface area contributed by atoms with Crippen molar-refractivity contribution in [2.75, 3.05) is 19.4 Å². The molecule has 1 aliphatic rings. The van der Waals surface area contributed by atoms with Crippen molar-refractivity contribution in [3.63, 3.8) is 0 Å². The highest BCUT2D eigenvalue weighted by Crippen LogP contribution is 2.27. The van der Waals surface area contributed by atoms with E-state index < -0.39 is 5.69 Å². The maximum Gasteiger partial charge on any atom is 0.354 e. The number of hydrogen-bond acceptors (Lipinski definition) is 6. The molecule has 0 spiro atoms.